The first-order chi connectivity index (χ1) is 7.81. The molecule has 0 aliphatic rings. The molecule has 1 aromatic heterocycles. The molecule has 0 unspecified atom stereocenters. The third-order valence-electron chi connectivity index (χ3n) is 2.04. The standard InChI is InChI=1S/C12H9BrINO/c13-8-9-4-3-7-15-12(9)16-11-6-2-1-5-10(11)14/h1-7H,8H2. The molecule has 0 atom stereocenters. The summed E-state index contributed by atoms with van der Waals surface area (Å²) in [7, 11) is 0. The molecule has 0 spiro atoms. The molecular formula is C12H9BrINO. The summed E-state index contributed by atoms with van der Waals surface area (Å²) in [5.74, 6) is 1.49. The minimum atomic E-state index is 0.656. The smallest absolute Gasteiger partial charge is 0.223 e. The average Bonchev–Trinajstić information content (AvgIpc) is 2.33. The number of nitrogens with zero attached hydrogens (tertiary/aromatic N) is 1. The average molecular weight is 390 g/mol. The third kappa shape index (κ3) is 2.74. The Bertz CT molecular complexity index is 490. The number of benzene rings is 1. The molecule has 0 saturated heterocycles. The molecule has 0 bridgehead atoms. The van der Waals surface area contributed by atoms with E-state index in [1.807, 2.05) is 36.4 Å². The summed E-state index contributed by atoms with van der Waals surface area (Å²) in [6.07, 6.45) is 1.73. The zero-order valence-corrected chi connectivity index (χ0v) is 12.1. The van der Waals surface area contributed by atoms with Crippen molar-refractivity contribution in [2.24, 2.45) is 0 Å². The fraction of sp³-hybridized carbons (Fsp3) is 0.0833. The van der Waals surface area contributed by atoms with Crippen molar-refractivity contribution in [3.8, 4) is 11.6 Å². The summed E-state index contributed by atoms with van der Waals surface area (Å²) in [4.78, 5) is 4.23. The summed E-state index contributed by atoms with van der Waals surface area (Å²) in [5.41, 5.74) is 1.04. The molecule has 16 heavy (non-hydrogen) atoms. The zero-order chi connectivity index (χ0) is 11.4. The summed E-state index contributed by atoms with van der Waals surface area (Å²) < 4.78 is 6.86. The van der Waals surface area contributed by atoms with Gasteiger partial charge in [0.2, 0.25) is 5.88 Å². The Balaban J connectivity index is 2.30. The third-order valence-corrected chi connectivity index (χ3v) is 3.53. The van der Waals surface area contributed by atoms with Crippen molar-refractivity contribution in [1.82, 2.24) is 4.98 Å². The van der Waals surface area contributed by atoms with Crippen LogP contribution in [0.15, 0.2) is 42.6 Å². The largest absolute Gasteiger partial charge is 0.438 e. The van der Waals surface area contributed by atoms with Gasteiger partial charge >= 0.3 is 0 Å². The van der Waals surface area contributed by atoms with Gasteiger partial charge in [0.05, 0.1) is 3.57 Å². The van der Waals surface area contributed by atoms with E-state index in [1.165, 1.54) is 0 Å². The van der Waals surface area contributed by atoms with Crippen LogP contribution in [0.5, 0.6) is 11.6 Å². The Morgan fingerprint density at radius 3 is 2.75 bits per heavy atom. The number of hydrogen-bond acceptors (Lipinski definition) is 2. The lowest BCUT2D eigenvalue weighted by atomic mass is 10.3. The second-order valence-electron chi connectivity index (χ2n) is 3.13. The second-order valence-corrected chi connectivity index (χ2v) is 4.86. The Morgan fingerprint density at radius 2 is 2.00 bits per heavy atom. The van der Waals surface area contributed by atoms with Gasteiger partial charge in [-0.25, -0.2) is 4.98 Å². The van der Waals surface area contributed by atoms with Crippen LogP contribution in [0.2, 0.25) is 0 Å². The molecule has 0 N–H and O–H groups in total. The van der Waals surface area contributed by atoms with Gasteiger partial charge in [-0.05, 0) is 40.8 Å². The van der Waals surface area contributed by atoms with Crippen molar-refractivity contribution in [1.29, 1.82) is 0 Å². The summed E-state index contributed by atoms with van der Waals surface area (Å²) in [5, 5.41) is 0.736. The number of pyridine rings is 1. The van der Waals surface area contributed by atoms with Crippen molar-refractivity contribution in [3.63, 3.8) is 0 Å². The molecule has 2 rings (SSSR count). The Morgan fingerprint density at radius 1 is 1.19 bits per heavy atom. The molecule has 0 radical (unpaired) electrons. The lowest BCUT2D eigenvalue weighted by molar-refractivity contribution is 0.455. The van der Waals surface area contributed by atoms with Crippen LogP contribution in [0.4, 0.5) is 0 Å². The summed E-state index contributed by atoms with van der Waals surface area (Å²) in [6, 6.07) is 11.8. The molecule has 0 fully saturated rings. The fourth-order valence-corrected chi connectivity index (χ4v) is 2.17. The van der Waals surface area contributed by atoms with Gasteiger partial charge in [-0.1, -0.05) is 34.1 Å². The van der Waals surface area contributed by atoms with Crippen molar-refractivity contribution in [3.05, 3.63) is 51.7 Å². The minimum absolute atomic E-state index is 0.656. The molecule has 0 saturated carbocycles. The SMILES string of the molecule is BrCc1cccnc1Oc1ccccc1I. The Hall–Kier alpha value is -0.620. The van der Waals surface area contributed by atoms with E-state index in [0.29, 0.717) is 5.88 Å². The maximum absolute atomic E-state index is 5.78. The normalized spacial score (nSPS) is 10.1. The van der Waals surface area contributed by atoms with Crippen molar-refractivity contribution >= 4 is 38.5 Å². The zero-order valence-electron chi connectivity index (χ0n) is 8.36. The molecular weight excluding hydrogens is 381 g/mol. The van der Waals surface area contributed by atoms with E-state index in [9.17, 15) is 0 Å². The molecule has 1 heterocycles. The van der Waals surface area contributed by atoms with Gasteiger partial charge in [0.1, 0.15) is 5.75 Å². The van der Waals surface area contributed by atoms with E-state index in [2.05, 4.69) is 43.5 Å². The maximum atomic E-state index is 5.78. The summed E-state index contributed by atoms with van der Waals surface area (Å²) in [6.45, 7) is 0. The van der Waals surface area contributed by atoms with E-state index in [1.54, 1.807) is 6.20 Å². The van der Waals surface area contributed by atoms with E-state index in [0.717, 1.165) is 20.2 Å². The molecule has 82 valence electrons. The van der Waals surface area contributed by atoms with Crippen LogP contribution in [0.1, 0.15) is 5.56 Å². The van der Waals surface area contributed by atoms with E-state index in [-0.39, 0.29) is 0 Å². The van der Waals surface area contributed by atoms with Crippen LogP contribution in [-0.2, 0) is 5.33 Å². The highest BCUT2D eigenvalue weighted by Crippen LogP contribution is 2.27. The first kappa shape index (κ1) is 11.9. The number of hydrogen-bond donors (Lipinski definition) is 0. The predicted molar refractivity (Wildman–Crippen MR) is 76.1 cm³/mol. The highest BCUT2D eigenvalue weighted by Gasteiger charge is 2.06. The fourth-order valence-electron chi connectivity index (χ4n) is 1.25. The Labute approximate surface area is 116 Å². The molecule has 0 aliphatic carbocycles. The predicted octanol–water partition coefficient (Wildman–Crippen LogP) is 4.37. The van der Waals surface area contributed by atoms with Gasteiger partial charge in [-0.15, -0.1) is 0 Å². The van der Waals surface area contributed by atoms with E-state index in [4.69, 9.17) is 4.74 Å². The minimum Gasteiger partial charge on any atom is -0.438 e. The van der Waals surface area contributed by atoms with Gasteiger partial charge in [-0.2, -0.15) is 0 Å². The summed E-state index contributed by atoms with van der Waals surface area (Å²) >= 11 is 5.66. The van der Waals surface area contributed by atoms with Crippen LogP contribution >= 0.6 is 38.5 Å². The molecule has 1 aromatic carbocycles. The van der Waals surface area contributed by atoms with Gasteiger partial charge in [0, 0.05) is 17.1 Å². The number of halogens is 2. The van der Waals surface area contributed by atoms with Gasteiger partial charge in [0.15, 0.2) is 0 Å². The highest BCUT2D eigenvalue weighted by molar-refractivity contribution is 14.1. The van der Waals surface area contributed by atoms with Crippen LogP contribution in [0.3, 0.4) is 0 Å². The van der Waals surface area contributed by atoms with Gasteiger partial charge in [-0.3, -0.25) is 0 Å². The second kappa shape index (κ2) is 5.63. The van der Waals surface area contributed by atoms with Crippen LogP contribution in [0.25, 0.3) is 0 Å². The van der Waals surface area contributed by atoms with Crippen molar-refractivity contribution in [2.75, 3.05) is 0 Å². The quantitative estimate of drug-likeness (QED) is 0.574. The molecule has 0 aliphatic heterocycles. The van der Waals surface area contributed by atoms with Gasteiger partial charge < -0.3 is 4.74 Å². The van der Waals surface area contributed by atoms with Crippen molar-refractivity contribution in [2.45, 2.75) is 5.33 Å². The monoisotopic (exact) mass is 389 g/mol. The first-order valence-corrected chi connectivity index (χ1v) is 6.93. The molecule has 4 heteroatoms. The van der Waals surface area contributed by atoms with Crippen LogP contribution in [0, 0.1) is 3.57 Å². The number of aromatic nitrogens is 1. The number of para-hydroxylation sites is 1. The number of rotatable bonds is 3. The first-order valence-electron chi connectivity index (χ1n) is 4.73. The lowest BCUT2D eigenvalue weighted by Gasteiger charge is -2.09. The maximum Gasteiger partial charge on any atom is 0.223 e. The van der Waals surface area contributed by atoms with E-state index >= 15 is 0 Å². The Kier molecular flexibility index (Phi) is 4.17. The van der Waals surface area contributed by atoms with Crippen LogP contribution in [-0.4, -0.2) is 4.98 Å². The molecule has 2 nitrogen and oxygen atoms in total. The van der Waals surface area contributed by atoms with Crippen molar-refractivity contribution < 1.29 is 4.74 Å². The van der Waals surface area contributed by atoms with E-state index < -0.39 is 0 Å². The molecule has 2 aromatic rings. The molecule has 0 amide bonds. The lowest BCUT2D eigenvalue weighted by Crippen LogP contribution is -1.93. The van der Waals surface area contributed by atoms with Gasteiger partial charge in [0.25, 0.3) is 0 Å². The topological polar surface area (TPSA) is 22.1 Å². The number of alkyl halides is 1. The van der Waals surface area contributed by atoms with Crippen LogP contribution < -0.4 is 4.74 Å². The number of ether oxygens (including phenoxy) is 1. The highest BCUT2D eigenvalue weighted by atomic mass is 127.